The maximum Gasteiger partial charge on any atom is 0.332 e. The molecule has 2 amide bonds. The molecule has 6 nitrogen and oxygen atoms in total. The van der Waals surface area contributed by atoms with Crippen LogP contribution in [0.3, 0.4) is 0 Å². The average molecular weight is 414 g/mol. The van der Waals surface area contributed by atoms with Crippen molar-refractivity contribution in [3.05, 3.63) is 29.1 Å². The number of rotatable bonds is 6. The topological polar surface area (TPSA) is 78.5 Å². The lowest BCUT2D eigenvalue weighted by molar-refractivity contribution is 0.256. The normalized spacial score (nSPS) is 18.3. The monoisotopic (exact) mass is 413 g/mol. The van der Waals surface area contributed by atoms with E-state index in [-0.39, 0.29) is 23.7 Å². The highest BCUT2D eigenvalue weighted by molar-refractivity contribution is 7.90. The zero-order valence-corrected chi connectivity index (χ0v) is 18.4. The van der Waals surface area contributed by atoms with Crippen LogP contribution in [0.5, 0.6) is 0 Å². The number of nitrogens with one attached hydrogen (secondary N) is 2. The number of anilines is 1. The van der Waals surface area contributed by atoms with Crippen molar-refractivity contribution in [3.8, 4) is 0 Å². The number of likely N-dealkylation sites (tertiary alicyclic amines) is 1. The third-order valence-electron chi connectivity index (χ3n) is 5.23. The molecule has 2 rings (SSSR count). The van der Waals surface area contributed by atoms with Crippen molar-refractivity contribution >= 4 is 21.7 Å². The first-order chi connectivity index (χ1) is 12.9. The van der Waals surface area contributed by atoms with E-state index >= 15 is 0 Å². The first-order valence-corrected chi connectivity index (χ1v) is 11.4. The van der Waals surface area contributed by atoms with Crippen LogP contribution in [0.25, 0.3) is 0 Å². The van der Waals surface area contributed by atoms with Gasteiger partial charge in [0.15, 0.2) is 0 Å². The predicted octanol–water partition coefficient (Wildman–Crippen LogP) is 4.01. The molecule has 1 aromatic rings. The number of urea groups is 1. The summed E-state index contributed by atoms with van der Waals surface area (Å²) >= 11 is 0. The smallest absolute Gasteiger partial charge is 0.307 e. The fourth-order valence-corrected chi connectivity index (χ4v) is 4.81. The lowest BCUT2D eigenvalue weighted by Crippen LogP contribution is -2.42. The summed E-state index contributed by atoms with van der Waals surface area (Å²) in [5, 5.41) is 2.05. The van der Waals surface area contributed by atoms with Crippen molar-refractivity contribution in [1.29, 1.82) is 0 Å². The molecule has 0 saturated carbocycles. The number of hydrogen-bond acceptors (Lipinski definition) is 4. The molecule has 0 aromatic heterocycles. The van der Waals surface area contributed by atoms with Crippen LogP contribution in [0.15, 0.2) is 12.1 Å². The van der Waals surface area contributed by atoms with Gasteiger partial charge in [-0.25, -0.2) is 22.3 Å². The van der Waals surface area contributed by atoms with Crippen LogP contribution >= 0.6 is 0 Å². The zero-order chi connectivity index (χ0) is 21.2. The van der Waals surface area contributed by atoms with Crippen molar-refractivity contribution in [2.45, 2.75) is 71.1 Å². The van der Waals surface area contributed by atoms with E-state index in [0.29, 0.717) is 36.3 Å². The van der Waals surface area contributed by atoms with E-state index < -0.39 is 21.3 Å². The second kappa shape index (κ2) is 8.78. The number of carbonyl (C=O) groups excluding carboxylic acids is 1. The maximum absolute atomic E-state index is 14.0. The second-order valence-corrected chi connectivity index (χ2v) is 10.3. The Morgan fingerprint density at radius 3 is 2.07 bits per heavy atom. The molecule has 1 aromatic carbocycles. The summed E-state index contributed by atoms with van der Waals surface area (Å²) in [5.41, 5.74) is 1.76. The molecule has 1 unspecified atom stereocenters. The molecule has 1 saturated heterocycles. The number of benzene rings is 1. The van der Waals surface area contributed by atoms with Crippen molar-refractivity contribution in [2.75, 3.05) is 18.4 Å². The Balaban J connectivity index is 2.21. The van der Waals surface area contributed by atoms with Gasteiger partial charge in [0.1, 0.15) is 5.82 Å². The summed E-state index contributed by atoms with van der Waals surface area (Å²) in [5.74, 6) is -0.435. The summed E-state index contributed by atoms with van der Waals surface area (Å²) in [6.07, 6.45) is 0.492. The van der Waals surface area contributed by atoms with Crippen LogP contribution in [0.4, 0.5) is 14.9 Å². The van der Waals surface area contributed by atoms with E-state index in [1.165, 1.54) is 12.1 Å². The highest BCUT2D eigenvalue weighted by atomic mass is 32.2. The van der Waals surface area contributed by atoms with Crippen molar-refractivity contribution in [3.63, 3.8) is 0 Å². The minimum absolute atomic E-state index is 0.0328. The first kappa shape index (κ1) is 22.6. The van der Waals surface area contributed by atoms with Crippen LogP contribution in [0.2, 0.25) is 0 Å². The van der Waals surface area contributed by atoms with Crippen molar-refractivity contribution in [2.24, 2.45) is 0 Å². The lowest BCUT2D eigenvalue weighted by atomic mass is 9.92. The molecule has 1 heterocycles. The lowest BCUT2D eigenvalue weighted by Gasteiger charge is -2.22. The van der Waals surface area contributed by atoms with Gasteiger partial charge in [-0.3, -0.25) is 4.90 Å². The van der Waals surface area contributed by atoms with E-state index in [4.69, 9.17) is 0 Å². The van der Waals surface area contributed by atoms with E-state index in [1.807, 2.05) is 41.5 Å². The van der Waals surface area contributed by atoms with Gasteiger partial charge < -0.3 is 5.32 Å². The summed E-state index contributed by atoms with van der Waals surface area (Å²) in [4.78, 5) is 14.6. The van der Waals surface area contributed by atoms with Crippen LogP contribution in [0.1, 0.15) is 70.9 Å². The van der Waals surface area contributed by atoms with Crippen LogP contribution in [-0.4, -0.2) is 43.7 Å². The molecule has 28 heavy (non-hydrogen) atoms. The second-order valence-electron chi connectivity index (χ2n) is 8.37. The minimum Gasteiger partial charge on any atom is -0.307 e. The number of carbonyl (C=O) groups is 1. The molecule has 1 aliphatic rings. The molecular formula is C20H32FN3O3S. The fraction of sp³-hybridized carbons (Fsp3) is 0.650. The molecule has 1 fully saturated rings. The third-order valence-corrected chi connectivity index (χ3v) is 6.96. The van der Waals surface area contributed by atoms with Crippen LogP contribution in [-0.2, 0) is 10.0 Å². The molecule has 8 heteroatoms. The molecule has 158 valence electrons. The highest BCUT2D eigenvalue weighted by Crippen LogP contribution is 2.33. The Hall–Kier alpha value is -1.67. The number of hydrogen-bond donors (Lipinski definition) is 2. The molecule has 0 spiro atoms. The Kier molecular flexibility index (Phi) is 7.09. The molecule has 2 N–H and O–H groups in total. The van der Waals surface area contributed by atoms with Crippen LogP contribution in [0, 0.1) is 5.82 Å². The van der Waals surface area contributed by atoms with Gasteiger partial charge in [0.25, 0.3) is 0 Å². The Morgan fingerprint density at radius 2 is 1.64 bits per heavy atom. The average Bonchev–Trinajstić information content (AvgIpc) is 3.06. The van der Waals surface area contributed by atoms with Crippen LogP contribution < -0.4 is 10.0 Å². The Bertz CT molecular complexity index is 793. The van der Waals surface area contributed by atoms with Gasteiger partial charge in [-0.2, -0.15) is 0 Å². The number of halogens is 1. The van der Waals surface area contributed by atoms with Gasteiger partial charge >= 0.3 is 6.03 Å². The van der Waals surface area contributed by atoms with Crippen molar-refractivity contribution in [1.82, 2.24) is 9.62 Å². The van der Waals surface area contributed by atoms with Gasteiger partial charge in [0, 0.05) is 18.3 Å². The molecule has 0 bridgehead atoms. The Labute approximate surface area is 167 Å². The quantitative estimate of drug-likeness (QED) is 0.739. The number of sulfonamides is 1. The van der Waals surface area contributed by atoms with Gasteiger partial charge in [-0.1, -0.05) is 27.7 Å². The zero-order valence-electron chi connectivity index (χ0n) is 17.5. The summed E-state index contributed by atoms with van der Waals surface area (Å²) in [7, 11) is -3.80. The van der Waals surface area contributed by atoms with E-state index in [1.54, 1.807) is 0 Å². The minimum atomic E-state index is -3.80. The highest BCUT2D eigenvalue weighted by Gasteiger charge is 2.35. The molecule has 0 aliphatic carbocycles. The fourth-order valence-electron chi connectivity index (χ4n) is 3.53. The van der Waals surface area contributed by atoms with E-state index in [2.05, 4.69) is 14.9 Å². The summed E-state index contributed by atoms with van der Waals surface area (Å²) in [6.45, 7) is 12.7. The molecule has 0 radical (unpaired) electrons. The number of amides is 2. The third kappa shape index (κ3) is 5.23. The molecule has 1 aliphatic heterocycles. The number of nitrogens with zero attached hydrogens (tertiary/aromatic N) is 1. The maximum atomic E-state index is 14.0. The summed E-state index contributed by atoms with van der Waals surface area (Å²) in [6, 6.07) is 2.23. The van der Waals surface area contributed by atoms with E-state index in [0.717, 1.165) is 0 Å². The predicted molar refractivity (Wildman–Crippen MR) is 111 cm³/mol. The van der Waals surface area contributed by atoms with Gasteiger partial charge in [0.2, 0.25) is 10.0 Å². The van der Waals surface area contributed by atoms with Gasteiger partial charge in [-0.05, 0) is 61.9 Å². The molecular weight excluding hydrogens is 381 g/mol. The Morgan fingerprint density at radius 1 is 1.11 bits per heavy atom. The van der Waals surface area contributed by atoms with E-state index in [9.17, 15) is 17.6 Å². The SMILES string of the molecule is CC(C)c1cc(F)cc(C(C)C)c1NC(=O)NS(=O)(=O)C1CCN(C(C)C)C1. The standard InChI is InChI=1S/C20H32FN3O3S/c1-12(2)17-9-15(21)10-18(13(3)4)19(17)22-20(25)23-28(26,27)16-7-8-24(11-16)14(5)6/h9-10,12-14,16H,7-8,11H2,1-6H3,(H2,22,23,25). The summed E-state index contributed by atoms with van der Waals surface area (Å²) < 4.78 is 41.4. The largest absolute Gasteiger partial charge is 0.332 e. The molecule has 1 atom stereocenters. The van der Waals surface area contributed by atoms with Crippen molar-refractivity contribution < 1.29 is 17.6 Å². The van der Waals surface area contributed by atoms with Gasteiger partial charge in [-0.15, -0.1) is 0 Å². The first-order valence-electron chi connectivity index (χ1n) is 9.82. The van der Waals surface area contributed by atoms with Gasteiger partial charge in [0.05, 0.1) is 5.25 Å².